The maximum absolute atomic E-state index is 5.48. The van der Waals surface area contributed by atoms with E-state index in [-0.39, 0.29) is 0 Å². The lowest BCUT2D eigenvalue weighted by Crippen LogP contribution is -2.50. The molecule has 0 amide bonds. The van der Waals surface area contributed by atoms with E-state index in [1.165, 1.54) is 11.5 Å². The quantitative estimate of drug-likeness (QED) is 0.806. The average molecular weight is 228 g/mol. The van der Waals surface area contributed by atoms with Crippen molar-refractivity contribution in [3.63, 3.8) is 0 Å². The van der Waals surface area contributed by atoms with E-state index in [1.807, 2.05) is 0 Å². The Bertz CT molecular complexity index is 280. The van der Waals surface area contributed by atoms with Gasteiger partial charge in [-0.05, 0) is 6.54 Å². The molecule has 0 bridgehead atoms. The molecule has 2 heterocycles. The van der Waals surface area contributed by atoms with Crippen LogP contribution in [0, 0.1) is 0 Å². The zero-order valence-corrected chi connectivity index (χ0v) is 9.66. The molecule has 0 aliphatic carbocycles. The lowest BCUT2D eigenvalue weighted by molar-refractivity contribution is 0.0939. The third-order valence-electron chi connectivity index (χ3n) is 2.45. The van der Waals surface area contributed by atoms with Gasteiger partial charge in [0.25, 0.3) is 0 Å². The molecule has 1 unspecified atom stereocenters. The fourth-order valence-corrected chi connectivity index (χ4v) is 2.31. The van der Waals surface area contributed by atoms with Gasteiger partial charge >= 0.3 is 0 Å². The summed E-state index contributed by atoms with van der Waals surface area (Å²) in [5, 5.41) is 4.35. The van der Waals surface area contributed by atoms with Crippen molar-refractivity contribution in [1.82, 2.24) is 14.7 Å². The van der Waals surface area contributed by atoms with Gasteiger partial charge in [-0.3, -0.25) is 0 Å². The smallest absolute Gasteiger partial charge is 0.205 e. The molecular formula is C9H16N4OS. The van der Waals surface area contributed by atoms with E-state index < -0.39 is 0 Å². The van der Waals surface area contributed by atoms with Gasteiger partial charge in [-0.1, -0.05) is 6.92 Å². The number of hydrogen-bond donors (Lipinski definition) is 1. The Kier molecular flexibility index (Phi) is 3.87. The van der Waals surface area contributed by atoms with Gasteiger partial charge in [0.05, 0.1) is 19.3 Å². The van der Waals surface area contributed by atoms with Crippen LogP contribution in [-0.4, -0.2) is 48.2 Å². The summed E-state index contributed by atoms with van der Waals surface area (Å²) in [5.41, 5.74) is 0. The molecule has 0 saturated carbocycles. The standard InChI is InChI=1S/C9H16N4OS/c1-2-10-5-8-6-14-4-3-13(8)9-11-7-12-15-9/h7-8,10H,2-6H2,1H3. The molecule has 0 spiro atoms. The van der Waals surface area contributed by atoms with Crippen molar-refractivity contribution < 1.29 is 4.74 Å². The van der Waals surface area contributed by atoms with Gasteiger partial charge in [-0.25, -0.2) is 4.98 Å². The van der Waals surface area contributed by atoms with E-state index in [1.54, 1.807) is 6.33 Å². The second kappa shape index (κ2) is 5.39. The number of rotatable bonds is 4. The molecule has 0 aromatic carbocycles. The molecule has 6 heteroatoms. The van der Waals surface area contributed by atoms with Gasteiger partial charge in [0.1, 0.15) is 6.33 Å². The number of nitrogens with one attached hydrogen (secondary N) is 1. The highest BCUT2D eigenvalue weighted by atomic mass is 32.1. The molecule has 0 radical (unpaired) electrons. The number of likely N-dealkylation sites (N-methyl/N-ethyl adjacent to an activating group) is 1. The number of ether oxygens (including phenoxy) is 1. The predicted octanol–water partition coefficient (Wildman–Crippen LogP) is 0.353. The predicted molar refractivity (Wildman–Crippen MR) is 60.4 cm³/mol. The molecule has 1 fully saturated rings. The lowest BCUT2D eigenvalue weighted by atomic mass is 10.2. The number of anilines is 1. The topological polar surface area (TPSA) is 50.3 Å². The van der Waals surface area contributed by atoms with Gasteiger partial charge in [0.15, 0.2) is 0 Å². The Balaban J connectivity index is 1.99. The van der Waals surface area contributed by atoms with Crippen LogP contribution in [0.1, 0.15) is 6.92 Å². The zero-order valence-electron chi connectivity index (χ0n) is 8.85. The van der Waals surface area contributed by atoms with E-state index in [4.69, 9.17) is 4.74 Å². The third kappa shape index (κ3) is 2.64. The summed E-state index contributed by atoms with van der Waals surface area (Å²) in [7, 11) is 0. The Morgan fingerprint density at radius 1 is 1.73 bits per heavy atom. The van der Waals surface area contributed by atoms with Gasteiger partial charge in [0, 0.05) is 24.6 Å². The molecule has 5 nitrogen and oxygen atoms in total. The van der Waals surface area contributed by atoms with Crippen molar-refractivity contribution in [2.24, 2.45) is 0 Å². The highest BCUT2D eigenvalue weighted by Crippen LogP contribution is 2.19. The molecule has 1 N–H and O–H groups in total. The monoisotopic (exact) mass is 228 g/mol. The van der Waals surface area contributed by atoms with E-state index >= 15 is 0 Å². The first-order chi connectivity index (χ1) is 7.42. The van der Waals surface area contributed by atoms with Crippen LogP contribution in [0.4, 0.5) is 5.13 Å². The van der Waals surface area contributed by atoms with Crippen LogP contribution < -0.4 is 10.2 Å². The second-order valence-electron chi connectivity index (χ2n) is 3.45. The molecule has 1 atom stereocenters. The number of morpholine rings is 1. The Morgan fingerprint density at radius 2 is 2.67 bits per heavy atom. The van der Waals surface area contributed by atoms with Crippen LogP contribution >= 0.6 is 11.5 Å². The minimum atomic E-state index is 0.381. The number of hydrogen-bond acceptors (Lipinski definition) is 6. The Morgan fingerprint density at radius 3 is 3.40 bits per heavy atom. The number of nitrogens with zero attached hydrogens (tertiary/aromatic N) is 3. The fraction of sp³-hybridized carbons (Fsp3) is 0.778. The minimum absolute atomic E-state index is 0.381. The largest absolute Gasteiger partial charge is 0.377 e. The van der Waals surface area contributed by atoms with Crippen molar-refractivity contribution in [2.45, 2.75) is 13.0 Å². The van der Waals surface area contributed by atoms with Crippen molar-refractivity contribution in [2.75, 3.05) is 37.7 Å². The van der Waals surface area contributed by atoms with Gasteiger partial charge < -0.3 is 15.0 Å². The first-order valence-corrected chi connectivity index (χ1v) is 6.01. The summed E-state index contributed by atoms with van der Waals surface area (Å²) in [4.78, 5) is 6.53. The van der Waals surface area contributed by atoms with Crippen LogP contribution in [0.2, 0.25) is 0 Å². The molecule has 1 saturated heterocycles. The molecule has 1 aliphatic heterocycles. The third-order valence-corrected chi connectivity index (χ3v) is 3.16. The maximum Gasteiger partial charge on any atom is 0.205 e. The van der Waals surface area contributed by atoms with Crippen LogP contribution in [0.5, 0.6) is 0 Å². The average Bonchev–Trinajstić information content (AvgIpc) is 2.80. The normalized spacial score (nSPS) is 21.9. The van der Waals surface area contributed by atoms with Crippen LogP contribution in [0.15, 0.2) is 6.33 Å². The Labute approximate surface area is 93.6 Å². The van der Waals surface area contributed by atoms with Crippen LogP contribution in [0.3, 0.4) is 0 Å². The first-order valence-electron chi connectivity index (χ1n) is 5.23. The fourth-order valence-electron chi connectivity index (χ4n) is 1.68. The first kappa shape index (κ1) is 10.8. The Hall–Kier alpha value is -0.720. The summed E-state index contributed by atoms with van der Waals surface area (Å²) >= 11 is 1.45. The molecular weight excluding hydrogens is 212 g/mol. The van der Waals surface area contributed by atoms with Gasteiger partial charge in [0.2, 0.25) is 5.13 Å². The highest BCUT2D eigenvalue weighted by molar-refractivity contribution is 7.09. The van der Waals surface area contributed by atoms with E-state index in [0.29, 0.717) is 6.04 Å². The van der Waals surface area contributed by atoms with Crippen molar-refractivity contribution in [1.29, 1.82) is 0 Å². The lowest BCUT2D eigenvalue weighted by Gasteiger charge is -2.35. The molecule has 1 aromatic rings. The summed E-state index contributed by atoms with van der Waals surface area (Å²) in [6, 6.07) is 0.381. The zero-order chi connectivity index (χ0) is 10.5. The summed E-state index contributed by atoms with van der Waals surface area (Å²) in [5.74, 6) is 0. The molecule has 1 aliphatic rings. The summed E-state index contributed by atoms with van der Waals surface area (Å²) in [6.07, 6.45) is 1.61. The molecule has 2 rings (SSSR count). The van der Waals surface area contributed by atoms with Crippen LogP contribution in [-0.2, 0) is 4.74 Å². The highest BCUT2D eigenvalue weighted by Gasteiger charge is 2.24. The van der Waals surface area contributed by atoms with Gasteiger partial charge in [-0.2, -0.15) is 4.37 Å². The SMILES string of the molecule is CCNCC1COCCN1c1ncns1. The maximum atomic E-state index is 5.48. The van der Waals surface area contributed by atoms with E-state index in [9.17, 15) is 0 Å². The molecule has 84 valence electrons. The number of aromatic nitrogens is 2. The van der Waals surface area contributed by atoms with Crippen molar-refractivity contribution in [3.05, 3.63) is 6.33 Å². The van der Waals surface area contributed by atoms with Crippen molar-refractivity contribution >= 4 is 16.7 Å². The van der Waals surface area contributed by atoms with Crippen LogP contribution in [0.25, 0.3) is 0 Å². The minimum Gasteiger partial charge on any atom is -0.377 e. The summed E-state index contributed by atoms with van der Waals surface area (Å²) in [6.45, 7) is 6.50. The summed E-state index contributed by atoms with van der Waals surface area (Å²) < 4.78 is 9.52. The molecule has 1 aromatic heterocycles. The molecule has 15 heavy (non-hydrogen) atoms. The van der Waals surface area contributed by atoms with Crippen molar-refractivity contribution in [3.8, 4) is 0 Å². The second-order valence-corrected chi connectivity index (χ2v) is 4.21. The van der Waals surface area contributed by atoms with E-state index in [0.717, 1.165) is 38.0 Å². The van der Waals surface area contributed by atoms with Gasteiger partial charge in [-0.15, -0.1) is 0 Å². The van der Waals surface area contributed by atoms with E-state index in [2.05, 4.69) is 26.5 Å².